The third-order valence-electron chi connectivity index (χ3n) is 3.17. The summed E-state index contributed by atoms with van der Waals surface area (Å²) in [7, 11) is 1.54. The second-order valence-corrected chi connectivity index (χ2v) is 5.67. The molecule has 3 heteroatoms. The second kappa shape index (κ2) is 5.42. The summed E-state index contributed by atoms with van der Waals surface area (Å²) in [4.78, 5) is 10.6. The van der Waals surface area contributed by atoms with Gasteiger partial charge >= 0.3 is 0 Å². The molecule has 0 bridgehead atoms. The van der Waals surface area contributed by atoms with E-state index in [1.807, 2.05) is 19.1 Å². The van der Waals surface area contributed by atoms with Crippen LogP contribution < -0.4 is 4.74 Å². The molecule has 1 rings (SSSR count). The highest BCUT2D eigenvalue weighted by Gasteiger charge is 2.21. The van der Waals surface area contributed by atoms with Crippen LogP contribution in [-0.2, 0) is 10.2 Å². The lowest BCUT2D eigenvalue weighted by atomic mass is 9.83. The summed E-state index contributed by atoms with van der Waals surface area (Å²) in [5, 5.41) is 10.1. The molecular weight excluding hydrogens is 228 g/mol. The number of aldehydes is 1. The SMILES string of the molecule is COc1cc(C(C)(C)C)cc(C(C)CC=O)c1O. The molecule has 0 aliphatic heterocycles. The molecule has 0 radical (unpaired) electrons. The minimum absolute atomic E-state index is 0.0151. The van der Waals surface area contributed by atoms with Crippen LogP contribution in [0.5, 0.6) is 11.5 Å². The summed E-state index contributed by atoms with van der Waals surface area (Å²) >= 11 is 0. The van der Waals surface area contributed by atoms with Gasteiger partial charge in [0.15, 0.2) is 11.5 Å². The molecule has 0 saturated heterocycles. The molecule has 1 atom stereocenters. The van der Waals surface area contributed by atoms with E-state index in [1.165, 1.54) is 7.11 Å². The van der Waals surface area contributed by atoms with E-state index in [4.69, 9.17) is 4.74 Å². The highest BCUT2D eigenvalue weighted by atomic mass is 16.5. The van der Waals surface area contributed by atoms with Gasteiger partial charge < -0.3 is 14.6 Å². The third kappa shape index (κ3) is 3.03. The second-order valence-electron chi connectivity index (χ2n) is 5.67. The van der Waals surface area contributed by atoms with Crippen LogP contribution in [-0.4, -0.2) is 18.5 Å². The number of phenolic OH excluding ortho intramolecular Hbond substituents is 1. The molecule has 0 aliphatic rings. The first-order valence-corrected chi connectivity index (χ1v) is 6.16. The van der Waals surface area contributed by atoms with E-state index in [0.717, 1.165) is 17.4 Å². The Bertz CT molecular complexity index is 430. The van der Waals surface area contributed by atoms with Gasteiger partial charge in [0.2, 0.25) is 0 Å². The Kier molecular flexibility index (Phi) is 4.38. The Morgan fingerprint density at radius 3 is 2.44 bits per heavy atom. The molecule has 1 aromatic carbocycles. The lowest BCUT2D eigenvalue weighted by Crippen LogP contribution is -2.12. The van der Waals surface area contributed by atoms with E-state index in [2.05, 4.69) is 20.8 Å². The summed E-state index contributed by atoms with van der Waals surface area (Å²) < 4.78 is 5.21. The van der Waals surface area contributed by atoms with E-state index in [0.29, 0.717) is 12.2 Å². The van der Waals surface area contributed by atoms with Gasteiger partial charge in [-0.05, 0) is 23.0 Å². The van der Waals surface area contributed by atoms with Crippen molar-refractivity contribution in [3.05, 3.63) is 23.3 Å². The van der Waals surface area contributed by atoms with Crippen molar-refractivity contribution in [1.29, 1.82) is 0 Å². The van der Waals surface area contributed by atoms with Crippen LogP contribution in [0.25, 0.3) is 0 Å². The van der Waals surface area contributed by atoms with E-state index in [-0.39, 0.29) is 17.1 Å². The molecule has 0 spiro atoms. The minimum Gasteiger partial charge on any atom is -0.504 e. The van der Waals surface area contributed by atoms with Crippen molar-refractivity contribution >= 4 is 6.29 Å². The molecule has 1 aromatic rings. The molecule has 0 aliphatic carbocycles. The first-order valence-electron chi connectivity index (χ1n) is 6.16. The zero-order chi connectivity index (χ0) is 13.9. The predicted octanol–water partition coefficient (Wildman–Crippen LogP) is 3.39. The molecule has 0 fully saturated rings. The number of hydrogen-bond donors (Lipinski definition) is 1. The van der Waals surface area contributed by atoms with Crippen LogP contribution >= 0.6 is 0 Å². The number of carbonyl (C=O) groups excluding carboxylic acids is 1. The number of carbonyl (C=O) groups is 1. The van der Waals surface area contributed by atoms with E-state index in [1.54, 1.807) is 0 Å². The number of phenols is 1. The maximum atomic E-state index is 10.6. The van der Waals surface area contributed by atoms with Crippen molar-refractivity contribution in [3.63, 3.8) is 0 Å². The Morgan fingerprint density at radius 1 is 1.39 bits per heavy atom. The van der Waals surface area contributed by atoms with Gasteiger partial charge in [-0.1, -0.05) is 33.8 Å². The number of benzene rings is 1. The maximum Gasteiger partial charge on any atom is 0.161 e. The fraction of sp³-hybridized carbons (Fsp3) is 0.533. The van der Waals surface area contributed by atoms with Crippen molar-refractivity contribution in [2.45, 2.75) is 45.4 Å². The number of rotatable bonds is 4. The molecule has 1 N–H and O–H groups in total. The Balaban J connectivity index is 3.36. The Hall–Kier alpha value is -1.51. The quantitative estimate of drug-likeness (QED) is 0.833. The normalized spacial score (nSPS) is 13.2. The standard InChI is InChI=1S/C15H22O3/c1-10(6-7-16)12-8-11(15(2,3)4)9-13(18-5)14(12)17/h7-10,17H,6H2,1-5H3. The average molecular weight is 250 g/mol. The molecule has 0 aromatic heterocycles. The van der Waals surface area contributed by atoms with Gasteiger partial charge in [0, 0.05) is 12.0 Å². The monoisotopic (exact) mass is 250 g/mol. The molecule has 0 saturated carbocycles. The Labute approximate surface area is 109 Å². The number of hydrogen-bond acceptors (Lipinski definition) is 3. The number of methoxy groups -OCH3 is 1. The van der Waals surface area contributed by atoms with Gasteiger partial charge in [0.1, 0.15) is 6.29 Å². The smallest absolute Gasteiger partial charge is 0.161 e. The van der Waals surface area contributed by atoms with Gasteiger partial charge in [-0.2, -0.15) is 0 Å². The van der Waals surface area contributed by atoms with Crippen molar-refractivity contribution in [1.82, 2.24) is 0 Å². The van der Waals surface area contributed by atoms with Crippen molar-refractivity contribution in [3.8, 4) is 11.5 Å². The molecule has 3 nitrogen and oxygen atoms in total. The van der Waals surface area contributed by atoms with E-state index >= 15 is 0 Å². The lowest BCUT2D eigenvalue weighted by molar-refractivity contribution is -0.108. The molecule has 18 heavy (non-hydrogen) atoms. The maximum absolute atomic E-state index is 10.6. The van der Waals surface area contributed by atoms with Crippen LogP contribution in [0.3, 0.4) is 0 Å². The molecule has 1 unspecified atom stereocenters. The summed E-state index contributed by atoms with van der Waals surface area (Å²) in [6.45, 7) is 8.24. The van der Waals surface area contributed by atoms with Crippen molar-refractivity contribution in [2.24, 2.45) is 0 Å². The topological polar surface area (TPSA) is 46.5 Å². The summed E-state index contributed by atoms with van der Waals surface area (Å²) in [5.41, 5.74) is 1.83. The van der Waals surface area contributed by atoms with Crippen molar-refractivity contribution < 1.29 is 14.6 Å². The van der Waals surface area contributed by atoms with E-state index in [9.17, 15) is 9.90 Å². The molecule has 0 heterocycles. The zero-order valence-corrected chi connectivity index (χ0v) is 11.8. The average Bonchev–Trinajstić information content (AvgIpc) is 2.28. The third-order valence-corrected chi connectivity index (χ3v) is 3.17. The zero-order valence-electron chi connectivity index (χ0n) is 11.8. The number of ether oxygens (including phenoxy) is 1. The first kappa shape index (κ1) is 14.6. The molecule has 100 valence electrons. The largest absolute Gasteiger partial charge is 0.504 e. The lowest BCUT2D eigenvalue weighted by Gasteiger charge is -2.23. The van der Waals surface area contributed by atoms with Gasteiger partial charge in [0.05, 0.1) is 7.11 Å². The Morgan fingerprint density at radius 2 is 2.00 bits per heavy atom. The summed E-state index contributed by atoms with van der Waals surface area (Å²) in [6.07, 6.45) is 1.27. The summed E-state index contributed by atoms with van der Waals surface area (Å²) in [5.74, 6) is 0.591. The van der Waals surface area contributed by atoms with Gasteiger partial charge in [0.25, 0.3) is 0 Å². The van der Waals surface area contributed by atoms with Crippen LogP contribution in [0.15, 0.2) is 12.1 Å². The van der Waals surface area contributed by atoms with Gasteiger partial charge in [-0.15, -0.1) is 0 Å². The molecular formula is C15H22O3. The van der Waals surface area contributed by atoms with Crippen LogP contribution in [0.1, 0.15) is 51.2 Å². The minimum atomic E-state index is -0.0311. The van der Waals surface area contributed by atoms with Crippen molar-refractivity contribution in [2.75, 3.05) is 7.11 Å². The predicted molar refractivity (Wildman–Crippen MR) is 72.5 cm³/mol. The highest BCUT2D eigenvalue weighted by molar-refractivity contribution is 5.56. The van der Waals surface area contributed by atoms with Crippen LogP contribution in [0, 0.1) is 0 Å². The summed E-state index contributed by atoms with van der Waals surface area (Å²) in [6, 6.07) is 3.82. The highest BCUT2D eigenvalue weighted by Crippen LogP contribution is 2.39. The van der Waals surface area contributed by atoms with Gasteiger partial charge in [-0.3, -0.25) is 0 Å². The molecule has 0 amide bonds. The van der Waals surface area contributed by atoms with Crippen LogP contribution in [0.2, 0.25) is 0 Å². The fourth-order valence-electron chi connectivity index (χ4n) is 1.86. The number of aromatic hydroxyl groups is 1. The fourth-order valence-corrected chi connectivity index (χ4v) is 1.86. The first-order chi connectivity index (χ1) is 8.31. The van der Waals surface area contributed by atoms with Gasteiger partial charge in [-0.25, -0.2) is 0 Å². The van der Waals surface area contributed by atoms with Crippen LogP contribution in [0.4, 0.5) is 0 Å². The van der Waals surface area contributed by atoms with E-state index < -0.39 is 0 Å².